The summed E-state index contributed by atoms with van der Waals surface area (Å²) >= 11 is -0.826. The third-order valence-electron chi connectivity index (χ3n) is 3.04. The van der Waals surface area contributed by atoms with Crippen LogP contribution in [-0.4, -0.2) is 0 Å². The van der Waals surface area contributed by atoms with Crippen molar-refractivity contribution >= 4 is 27.8 Å². The molecule has 3 aromatic rings. The van der Waals surface area contributed by atoms with Gasteiger partial charge in [0.1, 0.15) is 0 Å². The molecule has 130 valence electrons. The van der Waals surface area contributed by atoms with Crippen molar-refractivity contribution < 1.29 is 20.8 Å². The molecule has 0 aliphatic rings. The van der Waals surface area contributed by atoms with Crippen LogP contribution < -0.4 is 0 Å². The fraction of sp³-hybridized carbons (Fsp3) is 0.190. The van der Waals surface area contributed by atoms with Gasteiger partial charge in [0.2, 0.25) is 0 Å². The summed E-state index contributed by atoms with van der Waals surface area (Å²) in [4.78, 5) is 0. The molecule has 24 heavy (non-hydrogen) atoms. The number of fused-ring (bicyclic) bond motifs is 1. The Kier molecular flexibility index (Phi) is 16.8. The Labute approximate surface area is 165 Å². The summed E-state index contributed by atoms with van der Waals surface area (Å²) in [6.07, 6.45) is 5.19. The minimum Gasteiger partial charge on any atom is -0.214 e. The number of hydrogen-bond donors (Lipinski definition) is 0. The van der Waals surface area contributed by atoms with Crippen LogP contribution in [0.3, 0.4) is 0 Å². The largest absolute Gasteiger partial charge is 0.214 e. The SMILES string of the molecule is C=CC[c-]1ccc2ccccc21.[CH2-]CCC.[Cl][Zr][Cl].c1cc[cH-]c1. The molecule has 0 bridgehead atoms. The van der Waals surface area contributed by atoms with Gasteiger partial charge in [0.15, 0.2) is 0 Å². The minimum absolute atomic E-state index is 0.826. The quantitative estimate of drug-likeness (QED) is 0.290. The van der Waals surface area contributed by atoms with Gasteiger partial charge in [-0.1, -0.05) is 25.5 Å². The normalized spacial score (nSPS) is 8.67. The second-order valence-corrected chi connectivity index (χ2v) is 8.56. The molecule has 0 saturated heterocycles. The molecule has 3 heteroatoms. The predicted octanol–water partition coefficient (Wildman–Crippen LogP) is 7.69. The van der Waals surface area contributed by atoms with E-state index in [1.165, 1.54) is 22.8 Å². The van der Waals surface area contributed by atoms with Gasteiger partial charge < -0.3 is 6.92 Å². The molecule has 0 spiro atoms. The fourth-order valence-electron chi connectivity index (χ4n) is 1.87. The molecule has 0 aromatic heterocycles. The number of hydrogen-bond acceptors (Lipinski definition) is 0. The van der Waals surface area contributed by atoms with E-state index in [-0.39, 0.29) is 0 Å². The first-order valence-electron chi connectivity index (χ1n) is 7.91. The van der Waals surface area contributed by atoms with E-state index < -0.39 is 20.8 Å². The molecule has 0 heterocycles. The van der Waals surface area contributed by atoms with Crippen LogP contribution in [0.2, 0.25) is 0 Å². The molecule has 3 rings (SSSR count). The van der Waals surface area contributed by atoms with Gasteiger partial charge in [-0.2, -0.15) is 30.7 Å². The fourth-order valence-corrected chi connectivity index (χ4v) is 1.87. The topological polar surface area (TPSA) is 0 Å². The van der Waals surface area contributed by atoms with Crippen molar-refractivity contribution in [2.45, 2.75) is 26.2 Å². The van der Waals surface area contributed by atoms with E-state index in [4.69, 9.17) is 17.0 Å². The van der Waals surface area contributed by atoms with E-state index >= 15 is 0 Å². The van der Waals surface area contributed by atoms with E-state index in [9.17, 15) is 0 Å². The minimum atomic E-state index is -0.826. The van der Waals surface area contributed by atoms with Gasteiger partial charge in [0.05, 0.1) is 0 Å². The zero-order chi connectivity index (χ0) is 18.0. The Bertz CT molecular complexity index is 592. The summed E-state index contributed by atoms with van der Waals surface area (Å²) in [7, 11) is 9.87. The van der Waals surface area contributed by atoms with Crippen LogP contribution in [0.4, 0.5) is 0 Å². The van der Waals surface area contributed by atoms with E-state index in [0.717, 1.165) is 12.8 Å². The van der Waals surface area contributed by atoms with Gasteiger partial charge in [-0.15, -0.1) is 47.2 Å². The molecular formula is C21H25Cl2Zr-3. The van der Waals surface area contributed by atoms with E-state index in [0.29, 0.717) is 0 Å². The number of halogens is 2. The zero-order valence-corrected chi connectivity index (χ0v) is 18.2. The summed E-state index contributed by atoms with van der Waals surface area (Å²) in [5.41, 5.74) is 1.38. The number of unbranched alkanes of at least 4 members (excludes halogenated alkanes) is 1. The van der Waals surface area contributed by atoms with Gasteiger partial charge in [-0.3, -0.25) is 0 Å². The molecule has 0 radical (unpaired) electrons. The van der Waals surface area contributed by atoms with Crippen molar-refractivity contribution in [3.05, 3.63) is 91.9 Å². The Morgan fingerprint density at radius 3 is 2.21 bits per heavy atom. The van der Waals surface area contributed by atoms with Crippen LogP contribution in [-0.2, 0) is 27.3 Å². The zero-order valence-electron chi connectivity index (χ0n) is 14.2. The van der Waals surface area contributed by atoms with Crippen LogP contribution in [0.25, 0.3) is 10.8 Å². The molecule has 0 fully saturated rings. The van der Waals surface area contributed by atoms with Crippen LogP contribution in [0.15, 0.2) is 79.4 Å². The van der Waals surface area contributed by atoms with E-state index in [1.807, 2.05) is 36.4 Å². The molecule has 0 saturated carbocycles. The molecule has 0 atom stereocenters. The summed E-state index contributed by atoms with van der Waals surface area (Å²) in [6, 6.07) is 22.8. The summed E-state index contributed by atoms with van der Waals surface area (Å²) in [5, 5.41) is 2.69. The molecule has 0 unspecified atom stereocenters. The smallest absolute Gasteiger partial charge is 0.172 e. The van der Waals surface area contributed by atoms with Gasteiger partial charge in [0, 0.05) is 0 Å². The molecule has 3 aromatic carbocycles. The van der Waals surface area contributed by atoms with Gasteiger partial charge in [-0.25, -0.2) is 12.1 Å². The summed E-state index contributed by atoms with van der Waals surface area (Å²) in [5.74, 6) is 0. The second-order valence-electron chi connectivity index (χ2n) is 4.83. The summed E-state index contributed by atoms with van der Waals surface area (Å²) < 4.78 is 0. The Hall–Kier alpha value is -0.617. The van der Waals surface area contributed by atoms with Crippen molar-refractivity contribution in [1.82, 2.24) is 0 Å². The molecule has 0 N–H and O–H groups in total. The maximum absolute atomic E-state index is 4.93. The molecule has 0 amide bonds. The van der Waals surface area contributed by atoms with Crippen LogP contribution in [0, 0.1) is 6.92 Å². The van der Waals surface area contributed by atoms with Crippen LogP contribution >= 0.6 is 17.0 Å². The average molecular weight is 440 g/mol. The number of allylic oxidation sites excluding steroid dienone is 1. The molecule has 0 aliphatic carbocycles. The molecular weight excluding hydrogens is 414 g/mol. The molecule has 0 aliphatic heterocycles. The van der Waals surface area contributed by atoms with Gasteiger partial charge in [0.25, 0.3) is 0 Å². The maximum atomic E-state index is 4.93. The molecule has 0 nitrogen and oxygen atoms in total. The number of rotatable bonds is 3. The van der Waals surface area contributed by atoms with Gasteiger partial charge >= 0.3 is 37.9 Å². The van der Waals surface area contributed by atoms with Crippen molar-refractivity contribution in [3.8, 4) is 0 Å². The van der Waals surface area contributed by atoms with Gasteiger partial charge in [-0.05, 0) is 6.42 Å². The Balaban J connectivity index is 0.000000366. The first-order chi connectivity index (χ1) is 11.7. The third-order valence-corrected chi connectivity index (χ3v) is 3.04. The third kappa shape index (κ3) is 11.0. The van der Waals surface area contributed by atoms with Crippen molar-refractivity contribution in [2.75, 3.05) is 0 Å². The summed E-state index contributed by atoms with van der Waals surface area (Å²) in [6.45, 7) is 9.46. The van der Waals surface area contributed by atoms with E-state index in [1.54, 1.807) is 0 Å². The number of benzene rings is 1. The first-order valence-corrected chi connectivity index (χ1v) is 14.2. The van der Waals surface area contributed by atoms with Crippen molar-refractivity contribution in [2.24, 2.45) is 0 Å². The second kappa shape index (κ2) is 17.2. The van der Waals surface area contributed by atoms with Crippen molar-refractivity contribution in [1.29, 1.82) is 0 Å². The monoisotopic (exact) mass is 437 g/mol. The Morgan fingerprint density at radius 1 is 1.17 bits per heavy atom. The average Bonchev–Trinajstić information content (AvgIpc) is 3.30. The van der Waals surface area contributed by atoms with Crippen molar-refractivity contribution in [3.63, 3.8) is 0 Å². The van der Waals surface area contributed by atoms with E-state index in [2.05, 4.69) is 56.8 Å². The first kappa shape index (κ1) is 23.4. The predicted molar refractivity (Wildman–Crippen MR) is 107 cm³/mol. The van der Waals surface area contributed by atoms with Crippen LogP contribution in [0.1, 0.15) is 25.3 Å². The standard InChI is InChI=1S/C12H11.C5H5.C4H9.2ClH.Zr/c1-2-5-10-8-9-11-6-3-4-7-12(10)11;1-2-4-5-3-1;1-3-4-2;;;/h2-4,6-9H,1,5H2;1-5H;1,3-4H2,2H3;2*1H;/q3*-1;;;+2/p-2. The maximum Gasteiger partial charge on any atom is -0.172 e. The van der Waals surface area contributed by atoms with Crippen LogP contribution in [0.5, 0.6) is 0 Å². The Morgan fingerprint density at radius 2 is 1.75 bits per heavy atom.